The van der Waals surface area contributed by atoms with Gasteiger partial charge in [-0.1, -0.05) is 12.1 Å². The first-order valence-electron chi connectivity index (χ1n) is 5.99. The second kappa shape index (κ2) is 5.61. The molecule has 0 unspecified atom stereocenters. The molecule has 0 aliphatic heterocycles. The van der Waals surface area contributed by atoms with Crippen LogP contribution in [0.2, 0.25) is 0 Å². The van der Waals surface area contributed by atoms with Gasteiger partial charge in [0.1, 0.15) is 11.6 Å². The molecular weight excluding hydrogens is 243 g/mol. The Labute approximate surface area is 112 Å². The van der Waals surface area contributed by atoms with E-state index < -0.39 is 0 Å². The smallest absolute Gasteiger partial charge is 0.125 e. The Morgan fingerprint density at radius 2 is 2.00 bits per heavy atom. The van der Waals surface area contributed by atoms with Gasteiger partial charge in [0.2, 0.25) is 0 Å². The SMILES string of the molecule is COc1cc(N)ccc1CN(C)c1cccc(F)c1. The van der Waals surface area contributed by atoms with Crippen LogP contribution in [0.1, 0.15) is 5.56 Å². The van der Waals surface area contributed by atoms with Crippen LogP contribution in [0.4, 0.5) is 15.8 Å². The number of benzene rings is 2. The van der Waals surface area contributed by atoms with Crippen molar-refractivity contribution in [3.05, 3.63) is 53.8 Å². The van der Waals surface area contributed by atoms with E-state index in [1.54, 1.807) is 19.2 Å². The highest BCUT2D eigenvalue weighted by atomic mass is 19.1. The Hall–Kier alpha value is -2.23. The van der Waals surface area contributed by atoms with Crippen LogP contribution in [0.25, 0.3) is 0 Å². The van der Waals surface area contributed by atoms with Gasteiger partial charge in [-0.25, -0.2) is 4.39 Å². The van der Waals surface area contributed by atoms with Crippen molar-refractivity contribution in [2.24, 2.45) is 0 Å². The van der Waals surface area contributed by atoms with Crippen LogP contribution in [0.5, 0.6) is 5.75 Å². The molecule has 0 fully saturated rings. The van der Waals surface area contributed by atoms with Crippen LogP contribution < -0.4 is 15.4 Å². The summed E-state index contributed by atoms with van der Waals surface area (Å²) in [7, 11) is 3.52. The minimum Gasteiger partial charge on any atom is -0.496 e. The first kappa shape index (κ1) is 13.2. The largest absolute Gasteiger partial charge is 0.496 e. The highest BCUT2D eigenvalue weighted by molar-refractivity contribution is 5.51. The fourth-order valence-corrected chi connectivity index (χ4v) is 1.95. The zero-order valence-corrected chi connectivity index (χ0v) is 11.1. The summed E-state index contributed by atoms with van der Waals surface area (Å²) in [4.78, 5) is 1.96. The van der Waals surface area contributed by atoms with Gasteiger partial charge in [-0.3, -0.25) is 0 Å². The van der Waals surface area contributed by atoms with Crippen molar-refractivity contribution < 1.29 is 9.13 Å². The third-order valence-corrected chi connectivity index (χ3v) is 2.97. The summed E-state index contributed by atoms with van der Waals surface area (Å²) in [6.07, 6.45) is 0. The van der Waals surface area contributed by atoms with Crippen molar-refractivity contribution in [2.45, 2.75) is 6.54 Å². The maximum absolute atomic E-state index is 13.2. The molecule has 2 aromatic carbocycles. The third-order valence-electron chi connectivity index (χ3n) is 2.97. The number of anilines is 2. The number of nitrogen functional groups attached to an aromatic ring is 1. The maximum atomic E-state index is 13.2. The summed E-state index contributed by atoms with van der Waals surface area (Å²) < 4.78 is 18.5. The van der Waals surface area contributed by atoms with Gasteiger partial charge < -0.3 is 15.4 Å². The van der Waals surface area contributed by atoms with Gasteiger partial charge in [0.15, 0.2) is 0 Å². The van der Waals surface area contributed by atoms with Gasteiger partial charge in [-0.05, 0) is 24.3 Å². The average molecular weight is 260 g/mol. The van der Waals surface area contributed by atoms with Gasteiger partial charge in [-0.15, -0.1) is 0 Å². The van der Waals surface area contributed by atoms with Crippen LogP contribution in [0, 0.1) is 5.82 Å². The highest BCUT2D eigenvalue weighted by Gasteiger charge is 2.08. The zero-order chi connectivity index (χ0) is 13.8. The molecule has 19 heavy (non-hydrogen) atoms. The molecule has 0 aliphatic rings. The molecule has 0 amide bonds. The van der Waals surface area contributed by atoms with Gasteiger partial charge in [0.25, 0.3) is 0 Å². The van der Waals surface area contributed by atoms with Crippen molar-refractivity contribution in [2.75, 3.05) is 24.8 Å². The Balaban J connectivity index is 2.21. The summed E-state index contributed by atoms with van der Waals surface area (Å²) in [5, 5.41) is 0. The van der Waals surface area contributed by atoms with E-state index in [-0.39, 0.29) is 5.82 Å². The molecule has 2 rings (SSSR count). The summed E-state index contributed by atoms with van der Waals surface area (Å²) >= 11 is 0. The van der Waals surface area contributed by atoms with Crippen molar-refractivity contribution in [3.63, 3.8) is 0 Å². The lowest BCUT2D eigenvalue weighted by molar-refractivity contribution is 0.410. The number of hydrogen-bond acceptors (Lipinski definition) is 3. The fourth-order valence-electron chi connectivity index (χ4n) is 1.95. The summed E-state index contributed by atoms with van der Waals surface area (Å²) in [6.45, 7) is 0.618. The Morgan fingerprint density at radius 1 is 1.21 bits per heavy atom. The molecule has 0 aromatic heterocycles. The molecule has 0 atom stereocenters. The maximum Gasteiger partial charge on any atom is 0.125 e. The summed E-state index contributed by atoms with van der Waals surface area (Å²) in [5.74, 6) is 0.497. The quantitative estimate of drug-likeness (QED) is 0.859. The lowest BCUT2D eigenvalue weighted by atomic mass is 10.1. The number of ether oxygens (including phenoxy) is 1. The van der Waals surface area contributed by atoms with Gasteiger partial charge >= 0.3 is 0 Å². The number of nitrogens with two attached hydrogens (primary N) is 1. The molecule has 2 N–H and O–H groups in total. The van der Waals surface area contributed by atoms with Gasteiger partial charge in [-0.2, -0.15) is 0 Å². The predicted molar refractivity (Wildman–Crippen MR) is 75.9 cm³/mol. The average Bonchev–Trinajstić information content (AvgIpc) is 2.40. The second-order valence-electron chi connectivity index (χ2n) is 4.41. The van der Waals surface area contributed by atoms with Crippen molar-refractivity contribution >= 4 is 11.4 Å². The monoisotopic (exact) mass is 260 g/mol. The molecule has 0 heterocycles. The van der Waals surface area contributed by atoms with Crippen LogP contribution in [0.3, 0.4) is 0 Å². The van der Waals surface area contributed by atoms with E-state index in [0.717, 1.165) is 17.0 Å². The number of nitrogens with zero attached hydrogens (tertiary/aromatic N) is 1. The van der Waals surface area contributed by atoms with Crippen LogP contribution in [-0.4, -0.2) is 14.2 Å². The Bertz CT molecular complexity index is 572. The number of hydrogen-bond donors (Lipinski definition) is 1. The summed E-state index contributed by atoms with van der Waals surface area (Å²) in [6, 6.07) is 12.0. The van der Waals surface area contributed by atoms with E-state index in [1.807, 2.05) is 30.1 Å². The number of halogens is 1. The molecule has 0 bridgehead atoms. The predicted octanol–water partition coefficient (Wildman–Crippen LogP) is 3.05. The molecular formula is C15H17FN2O. The van der Waals surface area contributed by atoms with Crippen LogP contribution in [0.15, 0.2) is 42.5 Å². The highest BCUT2D eigenvalue weighted by Crippen LogP contribution is 2.24. The standard InChI is InChI=1S/C15H17FN2O/c1-18(14-5-3-4-12(16)8-14)10-11-6-7-13(17)9-15(11)19-2/h3-9H,10,17H2,1-2H3. The number of methoxy groups -OCH3 is 1. The Morgan fingerprint density at radius 3 is 2.68 bits per heavy atom. The number of rotatable bonds is 4. The van der Waals surface area contributed by atoms with E-state index in [0.29, 0.717) is 12.2 Å². The molecule has 0 spiro atoms. The molecule has 100 valence electrons. The molecule has 2 aromatic rings. The van der Waals surface area contributed by atoms with Crippen molar-refractivity contribution in [1.82, 2.24) is 0 Å². The van der Waals surface area contributed by atoms with E-state index in [4.69, 9.17) is 10.5 Å². The van der Waals surface area contributed by atoms with E-state index >= 15 is 0 Å². The molecule has 0 saturated carbocycles. The first-order chi connectivity index (χ1) is 9.10. The first-order valence-corrected chi connectivity index (χ1v) is 5.99. The van der Waals surface area contributed by atoms with E-state index in [2.05, 4.69) is 0 Å². The second-order valence-corrected chi connectivity index (χ2v) is 4.41. The molecule has 0 aliphatic carbocycles. The normalized spacial score (nSPS) is 10.3. The molecule has 0 saturated heterocycles. The molecule has 4 heteroatoms. The third kappa shape index (κ3) is 3.16. The topological polar surface area (TPSA) is 38.5 Å². The van der Waals surface area contributed by atoms with Crippen LogP contribution in [-0.2, 0) is 6.54 Å². The van der Waals surface area contributed by atoms with E-state index in [1.165, 1.54) is 12.1 Å². The van der Waals surface area contributed by atoms with Crippen molar-refractivity contribution in [1.29, 1.82) is 0 Å². The molecule has 3 nitrogen and oxygen atoms in total. The summed E-state index contributed by atoms with van der Waals surface area (Å²) in [5.41, 5.74) is 8.20. The van der Waals surface area contributed by atoms with Gasteiger partial charge in [0, 0.05) is 36.6 Å². The minimum atomic E-state index is -0.242. The van der Waals surface area contributed by atoms with Gasteiger partial charge in [0.05, 0.1) is 7.11 Å². The van der Waals surface area contributed by atoms with Crippen LogP contribution >= 0.6 is 0 Å². The van der Waals surface area contributed by atoms with E-state index in [9.17, 15) is 4.39 Å². The zero-order valence-electron chi connectivity index (χ0n) is 11.1. The van der Waals surface area contributed by atoms with Crippen molar-refractivity contribution in [3.8, 4) is 5.75 Å². The fraction of sp³-hybridized carbons (Fsp3) is 0.200. The lowest BCUT2D eigenvalue weighted by Gasteiger charge is -2.21. The molecule has 0 radical (unpaired) electrons. The Kier molecular flexibility index (Phi) is 3.90. The minimum absolute atomic E-state index is 0.242. The lowest BCUT2D eigenvalue weighted by Crippen LogP contribution is -2.17.